The largest absolute Gasteiger partial charge is 0.488 e. The van der Waals surface area contributed by atoms with E-state index in [1.165, 1.54) is 6.42 Å². The summed E-state index contributed by atoms with van der Waals surface area (Å²) in [5.41, 5.74) is 2.56. The molecule has 1 aromatic carbocycles. The average Bonchev–Trinajstić information content (AvgIpc) is 2.66. The Morgan fingerprint density at radius 1 is 1.18 bits per heavy atom. The number of aromatic nitrogens is 1. The fourth-order valence-electron chi connectivity index (χ4n) is 3.40. The number of nitrogens with zero attached hydrogens (tertiary/aromatic N) is 2. The lowest BCUT2D eigenvalue weighted by Crippen LogP contribution is -2.36. The highest BCUT2D eigenvalue weighted by Gasteiger charge is 2.21. The van der Waals surface area contributed by atoms with Crippen molar-refractivity contribution in [3.8, 4) is 5.75 Å². The molecule has 1 N–H and O–H groups in total. The van der Waals surface area contributed by atoms with Gasteiger partial charge in [-0.3, -0.25) is 4.79 Å². The average molecular weight is 382 g/mol. The molecule has 5 nitrogen and oxygen atoms in total. The zero-order chi connectivity index (χ0) is 20.1. The molecular formula is C23H31N3O2. The van der Waals surface area contributed by atoms with E-state index >= 15 is 0 Å². The molecule has 1 amide bonds. The minimum Gasteiger partial charge on any atom is -0.488 e. The number of likely N-dealkylation sites (tertiary alicyclic amines) is 1. The van der Waals surface area contributed by atoms with Crippen LogP contribution in [0.15, 0.2) is 36.5 Å². The maximum Gasteiger partial charge on any atom is 0.257 e. The monoisotopic (exact) mass is 381 g/mol. The van der Waals surface area contributed by atoms with Gasteiger partial charge in [0.05, 0.1) is 5.56 Å². The molecule has 0 aliphatic carbocycles. The van der Waals surface area contributed by atoms with Crippen LogP contribution in [0.3, 0.4) is 0 Å². The molecule has 0 radical (unpaired) electrons. The van der Waals surface area contributed by atoms with Gasteiger partial charge in [0.1, 0.15) is 17.2 Å². The van der Waals surface area contributed by atoms with Gasteiger partial charge in [-0.1, -0.05) is 12.1 Å². The van der Waals surface area contributed by atoms with Crippen molar-refractivity contribution in [2.45, 2.75) is 59.1 Å². The summed E-state index contributed by atoms with van der Waals surface area (Å²) in [4.78, 5) is 19.3. The number of carbonyl (C=O) groups is 1. The van der Waals surface area contributed by atoms with Crippen molar-refractivity contribution in [3.63, 3.8) is 0 Å². The molecule has 28 heavy (non-hydrogen) atoms. The first kappa shape index (κ1) is 20.2. The van der Waals surface area contributed by atoms with E-state index < -0.39 is 0 Å². The maximum atomic E-state index is 13.0. The van der Waals surface area contributed by atoms with Crippen molar-refractivity contribution in [2.24, 2.45) is 0 Å². The second-order valence-electron chi connectivity index (χ2n) is 8.43. The highest BCUT2D eigenvalue weighted by Crippen LogP contribution is 2.26. The lowest BCUT2D eigenvalue weighted by molar-refractivity contribution is 0.0725. The van der Waals surface area contributed by atoms with E-state index in [1.807, 2.05) is 37.8 Å². The van der Waals surface area contributed by atoms with Gasteiger partial charge in [-0.2, -0.15) is 0 Å². The van der Waals surface area contributed by atoms with E-state index in [0.29, 0.717) is 17.9 Å². The second kappa shape index (κ2) is 8.63. The Bertz CT molecular complexity index is 821. The molecule has 150 valence electrons. The Morgan fingerprint density at radius 3 is 2.64 bits per heavy atom. The predicted octanol–water partition coefficient (Wildman–Crippen LogP) is 4.81. The van der Waals surface area contributed by atoms with Gasteiger partial charge in [-0.05, 0) is 70.7 Å². The van der Waals surface area contributed by atoms with E-state index in [9.17, 15) is 4.79 Å². The van der Waals surface area contributed by atoms with Crippen LogP contribution in [0.5, 0.6) is 5.75 Å². The molecule has 1 aromatic heterocycles. The van der Waals surface area contributed by atoms with E-state index in [-0.39, 0.29) is 11.5 Å². The number of ether oxygens (including phenoxy) is 1. The fraction of sp³-hybridized carbons (Fsp3) is 0.478. The summed E-state index contributed by atoms with van der Waals surface area (Å²) in [5, 5.41) is 3.36. The Morgan fingerprint density at radius 2 is 1.93 bits per heavy atom. The number of hydrogen-bond acceptors (Lipinski definition) is 4. The lowest BCUT2D eigenvalue weighted by Gasteiger charge is -2.27. The molecule has 0 unspecified atom stereocenters. The standard InChI is InChI=1S/C23H31N3O2/c1-17-10-11-18(20(15-17)28-23(2,3)4)16-25-21-19(9-8-12-24-21)22(27)26-13-6-5-7-14-26/h8-12,15H,5-7,13-14,16H2,1-4H3,(H,24,25). The summed E-state index contributed by atoms with van der Waals surface area (Å²) in [6.07, 6.45) is 5.07. The number of nitrogens with one attached hydrogen (secondary N) is 1. The number of aryl methyl sites for hydroxylation is 1. The van der Waals surface area contributed by atoms with Crippen molar-refractivity contribution in [1.29, 1.82) is 0 Å². The molecule has 0 spiro atoms. The number of hydrogen-bond donors (Lipinski definition) is 1. The molecular weight excluding hydrogens is 350 g/mol. The van der Waals surface area contributed by atoms with E-state index in [1.54, 1.807) is 6.20 Å². The second-order valence-corrected chi connectivity index (χ2v) is 8.43. The third-order valence-electron chi connectivity index (χ3n) is 4.77. The predicted molar refractivity (Wildman–Crippen MR) is 113 cm³/mol. The summed E-state index contributed by atoms with van der Waals surface area (Å²) in [7, 11) is 0. The summed E-state index contributed by atoms with van der Waals surface area (Å²) >= 11 is 0. The Balaban J connectivity index is 1.78. The highest BCUT2D eigenvalue weighted by molar-refractivity contribution is 5.98. The van der Waals surface area contributed by atoms with Gasteiger partial charge in [-0.25, -0.2) is 4.98 Å². The number of amides is 1. The van der Waals surface area contributed by atoms with Crippen LogP contribution in [0.25, 0.3) is 0 Å². The third kappa shape index (κ3) is 5.24. The fourth-order valence-corrected chi connectivity index (χ4v) is 3.40. The van der Waals surface area contributed by atoms with Crippen LogP contribution in [-0.2, 0) is 6.54 Å². The summed E-state index contributed by atoms with van der Waals surface area (Å²) in [6, 6.07) is 9.88. The van der Waals surface area contributed by atoms with Gasteiger partial charge < -0.3 is 15.0 Å². The zero-order valence-electron chi connectivity index (χ0n) is 17.4. The molecule has 5 heteroatoms. The first-order valence-corrected chi connectivity index (χ1v) is 10.1. The smallest absolute Gasteiger partial charge is 0.257 e. The molecule has 1 saturated heterocycles. The van der Waals surface area contributed by atoms with Crippen LogP contribution in [0.2, 0.25) is 0 Å². The first-order chi connectivity index (χ1) is 13.3. The number of anilines is 1. The minimum absolute atomic E-state index is 0.0605. The summed E-state index contributed by atoms with van der Waals surface area (Å²) in [6.45, 7) is 10.4. The Kier molecular flexibility index (Phi) is 6.22. The van der Waals surface area contributed by atoms with Gasteiger partial charge in [-0.15, -0.1) is 0 Å². The molecule has 0 saturated carbocycles. The van der Waals surface area contributed by atoms with Crippen LogP contribution < -0.4 is 10.1 Å². The van der Waals surface area contributed by atoms with E-state index in [2.05, 4.69) is 35.4 Å². The number of carbonyl (C=O) groups excluding carboxylic acids is 1. The van der Waals surface area contributed by atoms with E-state index in [4.69, 9.17) is 4.74 Å². The molecule has 2 heterocycles. The van der Waals surface area contributed by atoms with Crippen molar-refractivity contribution in [2.75, 3.05) is 18.4 Å². The van der Waals surface area contributed by atoms with Gasteiger partial charge in [0.15, 0.2) is 0 Å². The van der Waals surface area contributed by atoms with Crippen molar-refractivity contribution < 1.29 is 9.53 Å². The van der Waals surface area contributed by atoms with Crippen LogP contribution in [0, 0.1) is 6.92 Å². The van der Waals surface area contributed by atoms with Crippen LogP contribution in [0.4, 0.5) is 5.82 Å². The van der Waals surface area contributed by atoms with Gasteiger partial charge in [0.25, 0.3) is 5.91 Å². The minimum atomic E-state index is -0.275. The molecule has 1 fully saturated rings. The number of rotatable bonds is 5. The van der Waals surface area contributed by atoms with E-state index in [0.717, 1.165) is 42.8 Å². The first-order valence-electron chi connectivity index (χ1n) is 10.1. The maximum absolute atomic E-state index is 13.0. The molecule has 3 rings (SSSR count). The topological polar surface area (TPSA) is 54.5 Å². The van der Waals surface area contributed by atoms with Crippen LogP contribution in [-0.4, -0.2) is 34.5 Å². The van der Waals surface area contributed by atoms with Crippen LogP contribution in [0.1, 0.15) is 61.5 Å². The van der Waals surface area contributed by atoms with Gasteiger partial charge in [0.2, 0.25) is 0 Å². The Labute approximate surface area is 168 Å². The normalized spacial score (nSPS) is 14.6. The number of piperidine rings is 1. The van der Waals surface area contributed by atoms with Gasteiger partial charge in [0, 0.05) is 31.4 Å². The highest BCUT2D eigenvalue weighted by atomic mass is 16.5. The lowest BCUT2D eigenvalue weighted by atomic mass is 10.1. The number of pyridine rings is 1. The van der Waals surface area contributed by atoms with Crippen LogP contribution >= 0.6 is 0 Å². The zero-order valence-corrected chi connectivity index (χ0v) is 17.4. The summed E-state index contributed by atoms with van der Waals surface area (Å²) < 4.78 is 6.14. The molecule has 0 atom stereocenters. The quantitative estimate of drug-likeness (QED) is 0.808. The Hall–Kier alpha value is -2.56. The molecule has 1 aliphatic heterocycles. The molecule has 2 aromatic rings. The van der Waals surface area contributed by atoms with Crippen molar-refractivity contribution in [3.05, 3.63) is 53.2 Å². The SMILES string of the molecule is Cc1ccc(CNc2ncccc2C(=O)N2CCCCC2)c(OC(C)(C)C)c1. The van der Waals surface area contributed by atoms with Crippen molar-refractivity contribution in [1.82, 2.24) is 9.88 Å². The molecule has 0 bridgehead atoms. The third-order valence-corrected chi connectivity index (χ3v) is 4.77. The number of benzene rings is 1. The van der Waals surface area contributed by atoms with Crippen molar-refractivity contribution >= 4 is 11.7 Å². The summed E-state index contributed by atoms with van der Waals surface area (Å²) in [5.74, 6) is 1.55. The van der Waals surface area contributed by atoms with Gasteiger partial charge >= 0.3 is 0 Å². The molecule has 1 aliphatic rings.